The summed E-state index contributed by atoms with van der Waals surface area (Å²) in [4.78, 5) is 26.9. The maximum atomic E-state index is 13.1. The van der Waals surface area contributed by atoms with Gasteiger partial charge in [-0.25, -0.2) is 9.18 Å². The van der Waals surface area contributed by atoms with Crippen LogP contribution < -0.4 is 11.1 Å². The molecule has 0 aromatic heterocycles. The Morgan fingerprint density at radius 3 is 2.61 bits per heavy atom. The van der Waals surface area contributed by atoms with Crippen LogP contribution in [0.15, 0.2) is 48.6 Å². The average Bonchev–Trinajstić information content (AvgIpc) is 2.70. The molecule has 1 fully saturated rings. The molecule has 3 amide bonds. The number of benzene rings is 1. The van der Waals surface area contributed by atoms with Crippen LogP contribution in [0.1, 0.15) is 19.4 Å². The number of hydrogen-bond acceptors (Lipinski definition) is 4. The minimum atomic E-state index is -1.34. The normalized spacial score (nSPS) is 28.5. The van der Waals surface area contributed by atoms with Gasteiger partial charge in [0, 0.05) is 31.7 Å². The molecular formula is C22H28ClFN4O3. The van der Waals surface area contributed by atoms with E-state index in [1.54, 1.807) is 41.3 Å². The zero-order chi connectivity index (χ0) is 22.6. The summed E-state index contributed by atoms with van der Waals surface area (Å²) in [6.45, 7) is 5.82. The smallest absolute Gasteiger partial charge is 0.313 e. The van der Waals surface area contributed by atoms with E-state index in [0.717, 1.165) is 5.56 Å². The highest BCUT2D eigenvalue weighted by Gasteiger charge is 2.38. The number of nitrogens with zero attached hydrogens (tertiary/aromatic N) is 2. The fourth-order valence-corrected chi connectivity index (χ4v) is 4.21. The van der Waals surface area contributed by atoms with Crippen LogP contribution in [0, 0.1) is 5.82 Å². The largest absolute Gasteiger partial charge is 0.360 e. The Labute approximate surface area is 186 Å². The number of primary amides is 1. The van der Waals surface area contributed by atoms with Gasteiger partial charge in [0.2, 0.25) is 5.91 Å². The van der Waals surface area contributed by atoms with Gasteiger partial charge in [-0.2, -0.15) is 0 Å². The van der Waals surface area contributed by atoms with Crippen LogP contribution in [0.5, 0.6) is 0 Å². The number of nitrogens with two attached hydrogens (primary N) is 1. The Kier molecular flexibility index (Phi) is 7.35. The van der Waals surface area contributed by atoms with Crippen molar-refractivity contribution in [2.24, 2.45) is 5.73 Å². The highest BCUT2D eigenvalue weighted by molar-refractivity contribution is 6.26. The predicted octanol–water partition coefficient (Wildman–Crippen LogP) is 2.36. The third-order valence-corrected chi connectivity index (χ3v) is 6.02. The van der Waals surface area contributed by atoms with Crippen molar-refractivity contribution < 1.29 is 18.7 Å². The SMILES string of the molecule is C[C@@H]1CN(Cc2ccc(F)cc2)[C@@H](C)CN1C(=O)COC1C=CC=CC1(Cl)NC(N)=O. The molecule has 2 unspecified atom stereocenters. The highest BCUT2D eigenvalue weighted by atomic mass is 35.5. The van der Waals surface area contributed by atoms with Gasteiger partial charge in [0.05, 0.1) is 0 Å². The molecule has 31 heavy (non-hydrogen) atoms. The number of halogens is 2. The van der Waals surface area contributed by atoms with E-state index in [-0.39, 0.29) is 30.4 Å². The molecule has 0 bridgehead atoms. The van der Waals surface area contributed by atoms with Gasteiger partial charge >= 0.3 is 6.03 Å². The molecular weight excluding hydrogens is 423 g/mol. The summed E-state index contributed by atoms with van der Waals surface area (Å²) in [6.07, 6.45) is 5.91. The third-order valence-electron chi connectivity index (χ3n) is 5.59. The van der Waals surface area contributed by atoms with Crippen LogP contribution in [0.4, 0.5) is 9.18 Å². The van der Waals surface area contributed by atoms with Gasteiger partial charge in [0.1, 0.15) is 18.5 Å². The molecule has 1 saturated heterocycles. The van der Waals surface area contributed by atoms with E-state index >= 15 is 0 Å². The van der Waals surface area contributed by atoms with E-state index in [0.29, 0.717) is 19.6 Å². The number of urea groups is 1. The number of ether oxygens (including phenoxy) is 1. The van der Waals surface area contributed by atoms with Crippen molar-refractivity contribution in [2.45, 2.75) is 43.6 Å². The van der Waals surface area contributed by atoms with E-state index in [2.05, 4.69) is 17.1 Å². The number of amides is 3. The number of carbonyl (C=O) groups excluding carboxylic acids is 2. The molecule has 0 radical (unpaired) electrons. The van der Waals surface area contributed by atoms with Gasteiger partial charge in [-0.1, -0.05) is 42.0 Å². The zero-order valence-corrected chi connectivity index (χ0v) is 18.4. The zero-order valence-electron chi connectivity index (χ0n) is 17.6. The second-order valence-electron chi connectivity index (χ2n) is 8.03. The first-order valence-corrected chi connectivity index (χ1v) is 10.6. The number of carbonyl (C=O) groups is 2. The summed E-state index contributed by atoms with van der Waals surface area (Å²) in [6, 6.07) is 5.81. The number of hydrogen-bond donors (Lipinski definition) is 2. The molecule has 2 aliphatic rings. The summed E-state index contributed by atoms with van der Waals surface area (Å²) in [5, 5.41) is 2.45. The van der Waals surface area contributed by atoms with Crippen molar-refractivity contribution >= 4 is 23.5 Å². The van der Waals surface area contributed by atoms with Crippen LogP contribution in [0.25, 0.3) is 0 Å². The average molecular weight is 451 g/mol. The number of nitrogens with one attached hydrogen (secondary N) is 1. The predicted molar refractivity (Wildman–Crippen MR) is 117 cm³/mol. The summed E-state index contributed by atoms with van der Waals surface area (Å²) < 4.78 is 18.9. The van der Waals surface area contributed by atoms with Crippen LogP contribution >= 0.6 is 11.6 Å². The number of rotatable bonds is 6. The second kappa shape index (κ2) is 9.80. The maximum absolute atomic E-state index is 13.1. The summed E-state index contributed by atoms with van der Waals surface area (Å²) >= 11 is 6.43. The third kappa shape index (κ3) is 5.84. The minimum Gasteiger partial charge on any atom is -0.360 e. The topological polar surface area (TPSA) is 87.9 Å². The van der Waals surface area contributed by atoms with Gasteiger partial charge in [0.25, 0.3) is 0 Å². The molecule has 7 nitrogen and oxygen atoms in total. The van der Waals surface area contributed by atoms with Crippen LogP contribution in [-0.2, 0) is 16.1 Å². The molecule has 1 aromatic carbocycles. The van der Waals surface area contributed by atoms with Gasteiger partial charge in [-0.05, 0) is 37.6 Å². The van der Waals surface area contributed by atoms with Crippen molar-refractivity contribution in [1.29, 1.82) is 0 Å². The molecule has 4 atom stereocenters. The lowest BCUT2D eigenvalue weighted by molar-refractivity contribution is -0.144. The van der Waals surface area contributed by atoms with Crippen LogP contribution in [0.2, 0.25) is 0 Å². The van der Waals surface area contributed by atoms with Crippen molar-refractivity contribution in [3.05, 3.63) is 60.0 Å². The Bertz CT molecular complexity index is 863. The Hall–Kier alpha value is -2.42. The first-order valence-electron chi connectivity index (χ1n) is 10.2. The Balaban J connectivity index is 1.56. The van der Waals surface area contributed by atoms with Crippen molar-refractivity contribution in [2.75, 3.05) is 19.7 Å². The molecule has 1 heterocycles. The number of alkyl halides is 1. The summed E-state index contributed by atoms with van der Waals surface area (Å²) in [5.41, 5.74) is 6.24. The molecule has 1 aliphatic heterocycles. The van der Waals surface area contributed by atoms with Crippen LogP contribution in [0.3, 0.4) is 0 Å². The Morgan fingerprint density at radius 1 is 1.23 bits per heavy atom. The van der Waals surface area contributed by atoms with E-state index < -0.39 is 17.1 Å². The van der Waals surface area contributed by atoms with E-state index in [1.807, 2.05) is 6.92 Å². The standard InChI is InChI=1S/C22H28ClFN4O3/c1-15-12-28(16(2)11-27(15)13-17-6-8-18(24)9-7-17)20(29)14-31-19-5-3-4-10-22(19,23)26-21(25)30/h3-10,15-16,19H,11-14H2,1-2H3,(H3,25,26,30)/t15-,16+,19?,22?/m0/s1. The van der Waals surface area contributed by atoms with Gasteiger partial charge in [0.15, 0.2) is 5.00 Å². The van der Waals surface area contributed by atoms with Crippen molar-refractivity contribution in [3.63, 3.8) is 0 Å². The fourth-order valence-electron chi connectivity index (χ4n) is 3.91. The molecule has 0 saturated carbocycles. The lowest BCUT2D eigenvalue weighted by Crippen LogP contribution is -2.59. The molecule has 3 N–H and O–H groups in total. The maximum Gasteiger partial charge on any atom is 0.313 e. The fraction of sp³-hybridized carbons (Fsp3) is 0.455. The minimum absolute atomic E-state index is 0.0148. The molecule has 3 rings (SSSR count). The first-order chi connectivity index (χ1) is 14.7. The van der Waals surface area contributed by atoms with Gasteiger partial charge < -0.3 is 20.7 Å². The van der Waals surface area contributed by atoms with E-state index in [4.69, 9.17) is 22.1 Å². The lowest BCUT2D eigenvalue weighted by Gasteiger charge is -2.44. The molecule has 168 valence electrons. The second-order valence-corrected chi connectivity index (χ2v) is 8.66. The van der Waals surface area contributed by atoms with Gasteiger partial charge in [-0.15, -0.1) is 0 Å². The van der Waals surface area contributed by atoms with Gasteiger partial charge in [-0.3, -0.25) is 9.69 Å². The quantitative estimate of drug-likeness (QED) is 0.514. The lowest BCUT2D eigenvalue weighted by atomic mass is 10.0. The monoisotopic (exact) mass is 450 g/mol. The molecule has 0 spiro atoms. The number of allylic oxidation sites excluding steroid dienone is 2. The van der Waals surface area contributed by atoms with E-state index in [1.165, 1.54) is 12.1 Å². The summed E-state index contributed by atoms with van der Waals surface area (Å²) in [5.74, 6) is -0.405. The molecule has 1 aromatic rings. The van der Waals surface area contributed by atoms with Crippen molar-refractivity contribution in [3.8, 4) is 0 Å². The number of piperazine rings is 1. The molecule has 9 heteroatoms. The van der Waals surface area contributed by atoms with Crippen LogP contribution in [-0.4, -0.2) is 64.6 Å². The van der Waals surface area contributed by atoms with E-state index in [9.17, 15) is 14.0 Å². The highest BCUT2D eigenvalue weighted by Crippen LogP contribution is 2.26. The Morgan fingerprint density at radius 2 is 1.94 bits per heavy atom. The first kappa shape index (κ1) is 23.2. The molecule has 1 aliphatic carbocycles. The van der Waals surface area contributed by atoms with Crippen molar-refractivity contribution in [1.82, 2.24) is 15.1 Å². The summed E-state index contributed by atoms with van der Waals surface area (Å²) in [7, 11) is 0.